The Balaban J connectivity index is 2.42. The Hall–Kier alpha value is -0.970. The molecule has 126 valence electrons. The number of aryl methyl sites for hydroxylation is 1. The summed E-state index contributed by atoms with van der Waals surface area (Å²) in [4.78, 5) is 0.0789. The van der Waals surface area contributed by atoms with Crippen molar-refractivity contribution in [2.24, 2.45) is 2.58 Å². The number of hydrogen-bond acceptors (Lipinski definition) is 5. The summed E-state index contributed by atoms with van der Waals surface area (Å²) < 4.78 is 47.3. The Morgan fingerprint density at radius 1 is 0.913 bits per heavy atom. The molecule has 0 aliphatic heterocycles. The van der Waals surface area contributed by atoms with Gasteiger partial charge in [-0.3, -0.25) is 0 Å². The monoisotopic (exact) mass is 467 g/mol. The van der Waals surface area contributed by atoms with Crippen LogP contribution in [-0.4, -0.2) is 25.1 Å². The maximum atomic E-state index is 12.5. The third kappa shape index (κ3) is 5.55. The molecule has 0 unspecified atom stereocenters. The first-order valence-corrected chi connectivity index (χ1v) is 13.3. The van der Waals surface area contributed by atoms with Crippen LogP contribution in [0.3, 0.4) is 0 Å². The second-order valence-electron chi connectivity index (χ2n) is 5.11. The van der Waals surface area contributed by atoms with Crippen LogP contribution in [0.1, 0.15) is 5.56 Å². The van der Waals surface area contributed by atoms with E-state index in [4.69, 9.17) is 2.51 Å². The first-order chi connectivity index (χ1) is 10.7. The van der Waals surface area contributed by atoms with Crippen LogP contribution >= 0.6 is 20.5 Å². The van der Waals surface area contributed by atoms with Gasteiger partial charge >= 0.3 is 146 Å². The first kappa shape index (κ1) is 18.4. The van der Waals surface area contributed by atoms with Crippen LogP contribution in [0.25, 0.3) is 0 Å². The summed E-state index contributed by atoms with van der Waals surface area (Å²) in [6, 6.07) is 15.3. The van der Waals surface area contributed by atoms with Crippen molar-refractivity contribution in [1.29, 1.82) is 0 Å². The van der Waals surface area contributed by atoms with Gasteiger partial charge in [0.1, 0.15) is 0 Å². The van der Waals surface area contributed by atoms with Gasteiger partial charge in [0.25, 0.3) is 0 Å². The van der Waals surface area contributed by atoms with Crippen molar-refractivity contribution >= 4 is 40.4 Å². The van der Waals surface area contributed by atoms with Gasteiger partial charge < -0.3 is 0 Å². The van der Waals surface area contributed by atoms with Crippen molar-refractivity contribution in [3.8, 4) is 0 Å². The molecule has 0 saturated heterocycles. The second-order valence-corrected chi connectivity index (χ2v) is 13.9. The van der Waals surface area contributed by atoms with Crippen LogP contribution in [0.5, 0.6) is 0 Å². The van der Waals surface area contributed by atoms with E-state index in [1.165, 1.54) is 24.6 Å². The Bertz CT molecular complexity index is 879. The Kier molecular flexibility index (Phi) is 5.82. The summed E-state index contributed by atoms with van der Waals surface area (Å²) in [5.74, 6) is 0. The van der Waals surface area contributed by atoms with Gasteiger partial charge in [-0.05, 0) is 0 Å². The molecule has 2 aromatic rings. The molecule has 0 aromatic heterocycles. The average Bonchev–Trinajstić information content (AvgIpc) is 2.46. The molecule has 0 fully saturated rings. The van der Waals surface area contributed by atoms with E-state index < -0.39 is 40.4 Å². The molecule has 2 aromatic carbocycles. The minimum atomic E-state index is -3.95. The summed E-state index contributed by atoms with van der Waals surface area (Å²) in [6.45, 7) is 1.87. The summed E-state index contributed by atoms with van der Waals surface area (Å²) in [6.07, 6.45) is 2.95. The van der Waals surface area contributed by atoms with Crippen molar-refractivity contribution in [3.05, 3.63) is 63.7 Å². The Morgan fingerprint density at radius 3 is 2.00 bits per heavy atom. The van der Waals surface area contributed by atoms with E-state index in [-0.39, 0.29) is 4.90 Å². The van der Waals surface area contributed by atoms with E-state index in [9.17, 15) is 12.6 Å². The van der Waals surface area contributed by atoms with Crippen LogP contribution in [0.2, 0.25) is 0 Å². The third-order valence-corrected chi connectivity index (χ3v) is 12.3. The number of halogens is 1. The molecular weight excluding hydrogens is 449 g/mol. The van der Waals surface area contributed by atoms with Crippen molar-refractivity contribution in [2.75, 3.05) is 12.5 Å². The molecule has 2 rings (SSSR count). The molecular formula is C15H18INO4S2. The first-order valence-electron chi connectivity index (χ1n) is 6.61. The van der Waals surface area contributed by atoms with Crippen LogP contribution in [0, 0.1) is 10.5 Å². The van der Waals surface area contributed by atoms with E-state index in [0.717, 1.165) is 5.56 Å². The maximum absolute atomic E-state index is 12.5. The van der Waals surface area contributed by atoms with Gasteiger partial charge in [0.15, 0.2) is 0 Å². The average molecular weight is 467 g/mol. The molecule has 0 N–H and O–H groups in total. The van der Waals surface area contributed by atoms with Crippen LogP contribution in [-0.2, 0) is 22.4 Å². The van der Waals surface area contributed by atoms with Crippen LogP contribution < -0.4 is 0 Å². The molecule has 0 heterocycles. The molecule has 0 amide bonds. The predicted octanol–water partition coefficient (Wildman–Crippen LogP) is 3.63. The van der Waals surface area contributed by atoms with Crippen molar-refractivity contribution in [3.63, 3.8) is 0 Å². The summed E-state index contributed by atoms with van der Waals surface area (Å²) >= 11 is -2.97. The normalized spacial score (nSPS) is 12.7. The van der Waals surface area contributed by atoms with Gasteiger partial charge in [-0.1, -0.05) is 0 Å². The second kappa shape index (κ2) is 7.29. The molecule has 8 heteroatoms. The van der Waals surface area contributed by atoms with E-state index in [1.807, 2.05) is 13.0 Å². The fraction of sp³-hybridized carbons (Fsp3) is 0.200. The van der Waals surface area contributed by atoms with Gasteiger partial charge in [0.2, 0.25) is 0 Å². The zero-order chi connectivity index (χ0) is 17.1. The molecule has 23 heavy (non-hydrogen) atoms. The SMILES string of the molecule is Cc1ccc(S(=O)(=O)OI(N=S(C)(C)=O)c2ccccc2)cc1. The molecule has 0 spiro atoms. The van der Waals surface area contributed by atoms with Gasteiger partial charge in [-0.15, -0.1) is 0 Å². The fourth-order valence-corrected chi connectivity index (χ4v) is 10.3. The molecule has 5 nitrogen and oxygen atoms in total. The summed E-state index contributed by atoms with van der Waals surface area (Å²) in [5.41, 5.74) is 0.956. The van der Waals surface area contributed by atoms with E-state index in [2.05, 4.69) is 2.58 Å². The van der Waals surface area contributed by atoms with Crippen molar-refractivity contribution in [2.45, 2.75) is 11.8 Å². The van der Waals surface area contributed by atoms with E-state index in [0.29, 0.717) is 3.57 Å². The van der Waals surface area contributed by atoms with E-state index in [1.54, 1.807) is 36.4 Å². The molecule has 0 aliphatic carbocycles. The van der Waals surface area contributed by atoms with Gasteiger partial charge in [-0.25, -0.2) is 0 Å². The zero-order valence-electron chi connectivity index (χ0n) is 13.0. The molecule has 0 radical (unpaired) electrons. The quantitative estimate of drug-likeness (QED) is 0.630. The fourth-order valence-electron chi connectivity index (χ4n) is 1.58. The number of nitrogens with zero attached hydrogens (tertiary/aromatic N) is 1. The van der Waals surface area contributed by atoms with Gasteiger partial charge in [0, 0.05) is 0 Å². The summed E-state index contributed by atoms with van der Waals surface area (Å²) in [7, 11) is -6.42. The Labute approximate surface area is 145 Å². The molecule has 0 aliphatic rings. The van der Waals surface area contributed by atoms with Crippen LogP contribution in [0.4, 0.5) is 0 Å². The van der Waals surface area contributed by atoms with Gasteiger partial charge in [0.05, 0.1) is 0 Å². The zero-order valence-corrected chi connectivity index (χ0v) is 16.8. The minimum absolute atomic E-state index is 0.0789. The number of rotatable bonds is 5. The predicted molar refractivity (Wildman–Crippen MR) is 101 cm³/mol. The molecule has 0 atom stereocenters. The molecule has 0 saturated carbocycles. The van der Waals surface area contributed by atoms with Gasteiger partial charge in [-0.2, -0.15) is 0 Å². The van der Waals surface area contributed by atoms with Crippen molar-refractivity contribution in [1.82, 2.24) is 0 Å². The Morgan fingerprint density at radius 2 is 1.48 bits per heavy atom. The number of hydrogen-bond donors (Lipinski definition) is 0. The number of benzene rings is 2. The summed E-state index contributed by atoms with van der Waals surface area (Å²) in [5, 5.41) is 0. The standard InChI is InChI=1S/C15H18INO4S2/c1-13-9-11-15(12-10-13)23(19,20)21-16(17-22(2,3)18)14-7-5-4-6-8-14/h4-12H,1-3H3. The van der Waals surface area contributed by atoms with Crippen molar-refractivity contribution < 1.29 is 15.1 Å². The van der Waals surface area contributed by atoms with E-state index >= 15 is 0 Å². The topological polar surface area (TPSA) is 72.8 Å². The molecule has 0 bridgehead atoms. The van der Waals surface area contributed by atoms with Crippen LogP contribution in [0.15, 0.2) is 62.1 Å². The third-order valence-electron chi connectivity index (χ3n) is 2.60.